The van der Waals surface area contributed by atoms with Gasteiger partial charge in [0.15, 0.2) is 0 Å². The van der Waals surface area contributed by atoms with Gasteiger partial charge in [0.2, 0.25) is 0 Å². The predicted octanol–water partition coefficient (Wildman–Crippen LogP) is 2.95. The molecule has 1 aliphatic carbocycles. The monoisotopic (exact) mass is 166 g/mol. The summed E-state index contributed by atoms with van der Waals surface area (Å²) in [7, 11) is 0. The smallest absolute Gasteiger partial charge is 0.144 e. The van der Waals surface area contributed by atoms with E-state index in [1.807, 2.05) is 0 Å². The van der Waals surface area contributed by atoms with E-state index in [9.17, 15) is 8.78 Å². The molecule has 2 rings (SSSR count). The normalized spacial score (nSPS) is 20.7. The lowest BCUT2D eigenvalue weighted by Gasteiger charge is -2.14. The Hall–Kier alpha value is -1.18. The Kier molecular flexibility index (Phi) is 1.68. The van der Waals surface area contributed by atoms with Gasteiger partial charge in [-0.3, -0.25) is 0 Å². The van der Waals surface area contributed by atoms with Crippen LogP contribution in [0.3, 0.4) is 0 Å². The molecular weight excluding hydrogens is 158 g/mol. The number of hydrogen-bond donors (Lipinski definition) is 0. The van der Waals surface area contributed by atoms with E-state index in [1.165, 1.54) is 12.1 Å². The average molecular weight is 166 g/mol. The lowest BCUT2D eigenvalue weighted by molar-refractivity contribution is 0.405. The number of halogens is 2. The molecule has 0 saturated heterocycles. The fraction of sp³-hybridized carbons (Fsp3) is 0.200. The Bertz CT molecular complexity index is 329. The Morgan fingerprint density at radius 3 is 2.92 bits per heavy atom. The molecule has 1 aromatic carbocycles. The molecule has 0 radical (unpaired) electrons. The van der Waals surface area contributed by atoms with Gasteiger partial charge in [0.25, 0.3) is 0 Å². The van der Waals surface area contributed by atoms with Crippen molar-refractivity contribution in [2.75, 3.05) is 0 Å². The van der Waals surface area contributed by atoms with Crippen LogP contribution in [0.4, 0.5) is 8.78 Å². The van der Waals surface area contributed by atoms with Crippen molar-refractivity contribution in [1.29, 1.82) is 0 Å². The van der Waals surface area contributed by atoms with Gasteiger partial charge < -0.3 is 0 Å². The number of fused-ring (bicyclic) bond motifs is 1. The number of allylic oxidation sites excluding steroid dienone is 2. The van der Waals surface area contributed by atoms with Gasteiger partial charge in [-0.25, -0.2) is 8.78 Å². The molecule has 0 aromatic heterocycles. The van der Waals surface area contributed by atoms with Crippen LogP contribution in [0.25, 0.3) is 0 Å². The third-order valence-electron chi connectivity index (χ3n) is 2.08. The molecule has 0 aliphatic heterocycles. The number of hydrogen-bond acceptors (Lipinski definition) is 0. The van der Waals surface area contributed by atoms with Gasteiger partial charge in [0, 0.05) is 0 Å². The summed E-state index contributed by atoms with van der Waals surface area (Å²) in [5, 5.41) is 0. The first kappa shape index (κ1) is 7.47. The highest BCUT2D eigenvalue weighted by molar-refractivity contribution is 5.37. The van der Waals surface area contributed by atoms with Crippen LogP contribution in [-0.4, -0.2) is 0 Å². The van der Waals surface area contributed by atoms with Crippen molar-refractivity contribution >= 4 is 0 Å². The van der Waals surface area contributed by atoms with Gasteiger partial charge in [0.1, 0.15) is 12.0 Å². The molecule has 1 aliphatic rings. The maximum absolute atomic E-state index is 13.1. The summed E-state index contributed by atoms with van der Waals surface area (Å²) in [6.45, 7) is 0. The van der Waals surface area contributed by atoms with Crippen molar-refractivity contribution in [2.24, 2.45) is 0 Å². The summed E-state index contributed by atoms with van der Waals surface area (Å²) in [5.74, 6) is -0.306. The fourth-order valence-corrected chi connectivity index (χ4v) is 1.46. The summed E-state index contributed by atoms with van der Waals surface area (Å²) in [6.07, 6.45) is 2.49. The Morgan fingerprint density at radius 1 is 1.33 bits per heavy atom. The highest BCUT2D eigenvalue weighted by Crippen LogP contribution is 2.29. The molecule has 1 aromatic rings. The second kappa shape index (κ2) is 2.70. The van der Waals surface area contributed by atoms with E-state index < -0.39 is 6.17 Å². The van der Waals surface area contributed by atoms with Crippen LogP contribution < -0.4 is 0 Å². The highest BCUT2D eigenvalue weighted by Gasteiger charge is 2.16. The molecule has 0 bridgehead atoms. The summed E-state index contributed by atoms with van der Waals surface area (Å²) in [6, 6.07) is 4.54. The third-order valence-corrected chi connectivity index (χ3v) is 2.08. The van der Waals surface area contributed by atoms with E-state index in [0.29, 0.717) is 17.5 Å². The van der Waals surface area contributed by atoms with Crippen LogP contribution in [0.2, 0.25) is 0 Å². The minimum Gasteiger partial charge on any atom is -0.238 e. The molecule has 0 saturated carbocycles. The molecule has 1 atom stereocenters. The van der Waals surface area contributed by atoms with Crippen molar-refractivity contribution in [2.45, 2.75) is 12.6 Å². The van der Waals surface area contributed by atoms with Crippen LogP contribution >= 0.6 is 0 Å². The maximum atomic E-state index is 13.1. The van der Waals surface area contributed by atoms with Gasteiger partial charge in [-0.05, 0) is 29.7 Å². The lowest BCUT2D eigenvalue weighted by atomic mass is 9.95. The summed E-state index contributed by atoms with van der Waals surface area (Å²) < 4.78 is 26.1. The van der Waals surface area contributed by atoms with Gasteiger partial charge in [-0.1, -0.05) is 18.2 Å². The second-order valence-electron chi connectivity index (χ2n) is 2.84. The molecule has 0 N–H and O–H groups in total. The highest BCUT2D eigenvalue weighted by atomic mass is 19.1. The largest absolute Gasteiger partial charge is 0.238 e. The first-order valence-electron chi connectivity index (χ1n) is 3.87. The molecule has 62 valence electrons. The molecular formula is C10H8F2. The first-order valence-corrected chi connectivity index (χ1v) is 3.87. The van der Waals surface area contributed by atoms with Gasteiger partial charge in [-0.2, -0.15) is 0 Å². The van der Waals surface area contributed by atoms with E-state index in [2.05, 4.69) is 0 Å². The number of rotatable bonds is 0. The Morgan fingerprint density at radius 2 is 2.17 bits per heavy atom. The van der Waals surface area contributed by atoms with Crippen LogP contribution in [-0.2, 0) is 6.42 Å². The number of benzene rings is 1. The van der Waals surface area contributed by atoms with E-state index in [4.69, 9.17) is 0 Å². The Balaban J connectivity index is 2.57. The van der Waals surface area contributed by atoms with Crippen molar-refractivity contribution in [3.63, 3.8) is 0 Å². The molecule has 0 spiro atoms. The SMILES string of the molecule is Fc1cccc2c1CC=CC2F. The van der Waals surface area contributed by atoms with Crippen molar-refractivity contribution in [1.82, 2.24) is 0 Å². The van der Waals surface area contributed by atoms with Gasteiger partial charge >= 0.3 is 0 Å². The van der Waals surface area contributed by atoms with E-state index in [0.717, 1.165) is 0 Å². The van der Waals surface area contributed by atoms with Crippen molar-refractivity contribution in [3.8, 4) is 0 Å². The first-order chi connectivity index (χ1) is 5.79. The summed E-state index contributed by atoms with van der Waals surface area (Å²) >= 11 is 0. The quantitative estimate of drug-likeness (QED) is 0.520. The Labute approximate surface area is 69.5 Å². The van der Waals surface area contributed by atoms with E-state index in [-0.39, 0.29) is 5.82 Å². The van der Waals surface area contributed by atoms with Crippen LogP contribution in [0.1, 0.15) is 17.3 Å². The van der Waals surface area contributed by atoms with E-state index >= 15 is 0 Å². The predicted molar refractivity (Wildman–Crippen MR) is 43.1 cm³/mol. The second-order valence-corrected chi connectivity index (χ2v) is 2.84. The zero-order chi connectivity index (χ0) is 8.55. The molecule has 0 heterocycles. The standard InChI is InChI=1S/C10H8F2/c11-9-5-1-3-7-8(9)4-2-6-10(7)12/h1-3,5-6,10H,4H2. The minimum atomic E-state index is -1.13. The maximum Gasteiger partial charge on any atom is 0.144 e. The zero-order valence-corrected chi connectivity index (χ0v) is 6.43. The van der Waals surface area contributed by atoms with E-state index in [1.54, 1.807) is 18.2 Å². The minimum absolute atomic E-state index is 0.306. The van der Waals surface area contributed by atoms with Gasteiger partial charge in [-0.15, -0.1) is 0 Å². The molecule has 1 unspecified atom stereocenters. The lowest BCUT2D eigenvalue weighted by Crippen LogP contribution is -2.02. The molecule has 0 amide bonds. The van der Waals surface area contributed by atoms with Crippen LogP contribution in [0, 0.1) is 5.82 Å². The van der Waals surface area contributed by atoms with Crippen molar-refractivity contribution < 1.29 is 8.78 Å². The molecule has 12 heavy (non-hydrogen) atoms. The topological polar surface area (TPSA) is 0 Å². The summed E-state index contributed by atoms with van der Waals surface area (Å²) in [4.78, 5) is 0. The van der Waals surface area contributed by atoms with Crippen LogP contribution in [0.15, 0.2) is 30.4 Å². The molecule has 0 fully saturated rings. The third kappa shape index (κ3) is 1.04. The molecule has 2 heteroatoms. The average Bonchev–Trinajstić information content (AvgIpc) is 2.07. The number of alkyl halides is 1. The summed E-state index contributed by atoms with van der Waals surface area (Å²) in [5.41, 5.74) is 0.963. The fourth-order valence-electron chi connectivity index (χ4n) is 1.46. The van der Waals surface area contributed by atoms with Gasteiger partial charge in [0.05, 0.1) is 0 Å². The van der Waals surface area contributed by atoms with Crippen LogP contribution in [0.5, 0.6) is 0 Å². The molecule has 0 nitrogen and oxygen atoms in total. The zero-order valence-electron chi connectivity index (χ0n) is 6.43. The van der Waals surface area contributed by atoms with Crippen molar-refractivity contribution in [3.05, 3.63) is 47.3 Å².